The van der Waals surface area contributed by atoms with E-state index in [9.17, 15) is 9.59 Å². The van der Waals surface area contributed by atoms with Gasteiger partial charge in [-0.25, -0.2) is 4.79 Å². The van der Waals surface area contributed by atoms with Gasteiger partial charge in [0.25, 0.3) is 5.91 Å². The maximum atomic E-state index is 12.3. The molecule has 7 heteroatoms. The smallest absolute Gasteiger partial charge is 0.337 e. The van der Waals surface area contributed by atoms with E-state index in [0.717, 1.165) is 0 Å². The minimum atomic E-state index is -0.816. The maximum absolute atomic E-state index is 12.3. The summed E-state index contributed by atoms with van der Waals surface area (Å²) in [6, 6.07) is 13.0. The summed E-state index contributed by atoms with van der Waals surface area (Å²) >= 11 is 0. The van der Waals surface area contributed by atoms with Crippen LogP contribution in [-0.2, 0) is 9.53 Å². The zero-order valence-electron chi connectivity index (χ0n) is 14.6. The topological polar surface area (TPSA) is 97.6 Å². The molecule has 7 nitrogen and oxygen atoms in total. The normalized spacial score (nSPS) is 11.0. The van der Waals surface area contributed by atoms with Crippen LogP contribution in [0.1, 0.15) is 22.8 Å². The van der Waals surface area contributed by atoms with Gasteiger partial charge >= 0.3 is 5.97 Å². The highest BCUT2D eigenvalue weighted by Crippen LogP contribution is 2.29. The molecule has 134 valence electrons. The molecule has 0 bridgehead atoms. The molecule has 0 spiro atoms. The number of methoxy groups -OCH3 is 2. The Bertz CT molecular complexity index is 840. The van der Waals surface area contributed by atoms with Crippen LogP contribution in [-0.4, -0.2) is 32.2 Å². The molecule has 0 aliphatic carbocycles. The van der Waals surface area contributed by atoms with Crippen LogP contribution in [0.25, 0.3) is 0 Å². The molecule has 0 saturated heterocycles. The molecule has 0 aromatic heterocycles. The standard InChI is InChI=1S/C19H18N2O5/c1-12(18(22)21-15-7-4-13(11-20)5-8-15)26-16-9-6-14(19(23)25-3)10-17(16)24-2/h4-10,12H,1-3H3,(H,21,22)/t12-/m0/s1. The molecular weight excluding hydrogens is 336 g/mol. The van der Waals surface area contributed by atoms with Gasteiger partial charge in [0.2, 0.25) is 0 Å². The minimum Gasteiger partial charge on any atom is -0.493 e. The third kappa shape index (κ3) is 4.51. The monoisotopic (exact) mass is 354 g/mol. The number of nitrogens with one attached hydrogen (secondary N) is 1. The lowest BCUT2D eigenvalue weighted by Crippen LogP contribution is -2.30. The summed E-state index contributed by atoms with van der Waals surface area (Å²) in [5.41, 5.74) is 1.37. The van der Waals surface area contributed by atoms with Gasteiger partial charge < -0.3 is 19.5 Å². The van der Waals surface area contributed by atoms with E-state index in [1.807, 2.05) is 6.07 Å². The summed E-state index contributed by atoms with van der Waals surface area (Å²) in [6.45, 7) is 1.59. The summed E-state index contributed by atoms with van der Waals surface area (Å²) in [5.74, 6) is -0.233. The lowest BCUT2D eigenvalue weighted by atomic mass is 10.2. The number of nitrogens with zero attached hydrogens (tertiary/aromatic N) is 1. The van der Waals surface area contributed by atoms with E-state index >= 15 is 0 Å². The largest absolute Gasteiger partial charge is 0.493 e. The second-order valence-electron chi connectivity index (χ2n) is 5.30. The molecule has 0 unspecified atom stereocenters. The lowest BCUT2D eigenvalue weighted by Gasteiger charge is -2.17. The van der Waals surface area contributed by atoms with Crippen molar-refractivity contribution < 1.29 is 23.8 Å². The first-order chi connectivity index (χ1) is 12.5. The molecule has 2 aromatic carbocycles. The van der Waals surface area contributed by atoms with Gasteiger partial charge in [0, 0.05) is 5.69 Å². The van der Waals surface area contributed by atoms with Crippen LogP contribution in [0.5, 0.6) is 11.5 Å². The molecule has 2 aromatic rings. The Morgan fingerprint density at radius 2 is 1.77 bits per heavy atom. The number of nitriles is 1. The highest BCUT2D eigenvalue weighted by molar-refractivity contribution is 5.94. The Hall–Kier alpha value is -3.53. The van der Waals surface area contributed by atoms with Crippen molar-refractivity contribution in [1.82, 2.24) is 0 Å². The van der Waals surface area contributed by atoms with Gasteiger partial charge in [-0.05, 0) is 49.4 Å². The van der Waals surface area contributed by atoms with Gasteiger partial charge in [-0.15, -0.1) is 0 Å². The Kier molecular flexibility index (Phi) is 6.17. The van der Waals surface area contributed by atoms with Crippen LogP contribution < -0.4 is 14.8 Å². The fourth-order valence-corrected chi connectivity index (χ4v) is 2.13. The van der Waals surface area contributed by atoms with E-state index in [2.05, 4.69) is 10.1 Å². The Morgan fingerprint density at radius 1 is 1.08 bits per heavy atom. The fraction of sp³-hybridized carbons (Fsp3) is 0.211. The highest BCUT2D eigenvalue weighted by atomic mass is 16.5. The number of anilines is 1. The molecule has 0 fully saturated rings. The third-order valence-corrected chi connectivity index (χ3v) is 3.54. The number of hydrogen-bond acceptors (Lipinski definition) is 6. The highest BCUT2D eigenvalue weighted by Gasteiger charge is 2.18. The average Bonchev–Trinajstić information content (AvgIpc) is 2.68. The average molecular weight is 354 g/mol. The first kappa shape index (κ1) is 18.8. The van der Waals surface area contributed by atoms with Crippen molar-refractivity contribution in [2.24, 2.45) is 0 Å². The summed E-state index contributed by atoms with van der Waals surface area (Å²) in [4.78, 5) is 23.8. The van der Waals surface area contributed by atoms with Crippen LogP contribution in [0.2, 0.25) is 0 Å². The van der Waals surface area contributed by atoms with E-state index < -0.39 is 12.1 Å². The second-order valence-corrected chi connectivity index (χ2v) is 5.30. The molecule has 26 heavy (non-hydrogen) atoms. The Balaban J connectivity index is 2.08. The molecule has 0 aliphatic heterocycles. The van der Waals surface area contributed by atoms with E-state index in [4.69, 9.17) is 14.7 Å². The summed E-state index contributed by atoms with van der Waals surface area (Å²) < 4.78 is 15.5. The SMILES string of the molecule is COC(=O)c1ccc(O[C@@H](C)C(=O)Nc2ccc(C#N)cc2)c(OC)c1. The van der Waals surface area contributed by atoms with Crippen molar-refractivity contribution in [2.75, 3.05) is 19.5 Å². The van der Waals surface area contributed by atoms with Gasteiger partial charge in [-0.2, -0.15) is 5.26 Å². The van der Waals surface area contributed by atoms with Crippen LogP contribution in [0.15, 0.2) is 42.5 Å². The number of carbonyl (C=O) groups is 2. The van der Waals surface area contributed by atoms with Crippen molar-refractivity contribution in [3.8, 4) is 17.6 Å². The molecule has 0 radical (unpaired) electrons. The molecule has 2 rings (SSSR count). The minimum absolute atomic E-state index is 0.311. The number of hydrogen-bond donors (Lipinski definition) is 1. The van der Waals surface area contributed by atoms with Gasteiger partial charge in [0.05, 0.1) is 31.4 Å². The molecule has 1 atom stereocenters. The zero-order valence-corrected chi connectivity index (χ0v) is 14.6. The summed E-state index contributed by atoms with van der Waals surface area (Å²) in [5, 5.41) is 11.5. The third-order valence-electron chi connectivity index (χ3n) is 3.54. The quantitative estimate of drug-likeness (QED) is 0.801. The molecule has 0 heterocycles. The summed E-state index contributed by atoms with van der Waals surface area (Å²) in [6.07, 6.45) is -0.816. The van der Waals surface area contributed by atoms with Crippen molar-refractivity contribution in [3.63, 3.8) is 0 Å². The Morgan fingerprint density at radius 3 is 2.35 bits per heavy atom. The van der Waals surface area contributed by atoms with E-state index in [1.165, 1.54) is 32.4 Å². The first-order valence-corrected chi connectivity index (χ1v) is 7.72. The van der Waals surface area contributed by atoms with Crippen LogP contribution in [0.3, 0.4) is 0 Å². The van der Waals surface area contributed by atoms with E-state index in [0.29, 0.717) is 28.3 Å². The maximum Gasteiger partial charge on any atom is 0.337 e. The van der Waals surface area contributed by atoms with E-state index in [-0.39, 0.29) is 5.91 Å². The van der Waals surface area contributed by atoms with Crippen LogP contribution in [0, 0.1) is 11.3 Å². The molecular formula is C19H18N2O5. The van der Waals surface area contributed by atoms with E-state index in [1.54, 1.807) is 31.2 Å². The van der Waals surface area contributed by atoms with Gasteiger partial charge in [-0.3, -0.25) is 4.79 Å². The molecule has 1 N–H and O–H groups in total. The lowest BCUT2D eigenvalue weighted by molar-refractivity contribution is -0.122. The van der Waals surface area contributed by atoms with Crippen molar-refractivity contribution >= 4 is 17.6 Å². The van der Waals surface area contributed by atoms with Crippen molar-refractivity contribution in [1.29, 1.82) is 5.26 Å². The van der Waals surface area contributed by atoms with Gasteiger partial charge in [-0.1, -0.05) is 0 Å². The molecule has 0 aliphatic rings. The molecule has 1 amide bonds. The number of amides is 1. The molecule has 0 saturated carbocycles. The number of ether oxygens (including phenoxy) is 3. The van der Waals surface area contributed by atoms with Gasteiger partial charge in [0.15, 0.2) is 17.6 Å². The second kappa shape index (κ2) is 8.53. The predicted molar refractivity (Wildman–Crippen MR) is 94.2 cm³/mol. The number of rotatable bonds is 6. The number of benzene rings is 2. The van der Waals surface area contributed by atoms with Crippen LogP contribution >= 0.6 is 0 Å². The van der Waals surface area contributed by atoms with Crippen molar-refractivity contribution in [3.05, 3.63) is 53.6 Å². The van der Waals surface area contributed by atoms with Crippen molar-refractivity contribution in [2.45, 2.75) is 13.0 Å². The first-order valence-electron chi connectivity index (χ1n) is 7.72. The van der Waals surface area contributed by atoms with Gasteiger partial charge in [0.1, 0.15) is 0 Å². The number of esters is 1. The zero-order chi connectivity index (χ0) is 19.1. The number of carbonyl (C=O) groups excluding carboxylic acids is 2. The summed E-state index contributed by atoms with van der Waals surface area (Å²) in [7, 11) is 2.72. The fourth-order valence-electron chi connectivity index (χ4n) is 2.13. The van der Waals surface area contributed by atoms with Crippen LogP contribution in [0.4, 0.5) is 5.69 Å². The predicted octanol–water partition coefficient (Wildman–Crippen LogP) is 2.76. The Labute approximate surface area is 151 Å².